The first-order valence-electron chi connectivity index (χ1n) is 5.47. The van der Waals surface area contributed by atoms with Gasteiger partial charge in [-0.3, -0.25) is 4.79 Å². The van der Waals surface area contributed by atoms with Gasteiger partial charge in [0.1, 0.15) is 0 Å². The van der Waals surface area contributed by atoms with Crippen molar-refractivity contribution in [2.45, 2.75) is 32.6 Å². The fourth-order valence-corrected chi connectivity index (χ4v) is 3.59. The number of halogens is 1. The van der Waals surface area contributed by atoms with Gasteiger partial charge in [-0.05, 0) is 37.0 Å². The van der Waals surface area contributed by atoms with E-state index in [1.165, 1.54) is 25.7 Å². The predicted octanol–water partition coefficient (Wildman–Crippen LogP) is 2.42. The van der Waals surface area contributed by atoms with Crippen LogP contribution in [0, 0.1) is 11.3 Å². The minimum absolute atomic E-state index is 0.254. The molecule has 0 aromatic heterocycles. The minimum Gasteiger partial charge on any atom is -0.342 e. The number of nitrogens with zero attached hydrogens (tertiary/aromatic N) is 1. The van der Waals surface area contributed by atoms with Gasteiger partial charge in [0, 0.05) is 25.3 Å². The van der Waals surface area contributed by atoms with Gasteiger partial charge in [-0.1, -0.05) is 15.9 Å². The van der Waals surface area contributed by atoms with E-state index >= 15 is 0 Å². The molecule has 0 unspecified atom stereocenters. The van der Waals surface area contributed by atoms with Crippen molar-refractivity contribution >= 4 is 21.8 Å². The van der Waals surface area contributed by atoms with Crippen LogP contribution in [0.4, 0.5) is 0 Å². The van der Waals surface area contributed by atoms with E-state index in [0.29, 0.717) is 5.41 Å². The Balaban J connectivity index is 1.97. The van der Waals surface area contributed by atoms with Crippen LogP contribution >= 0.6 is 15.9 Å². The number of likely N-dealkylation sites (tertiary alicyclic amines) is 1. The molecule has 0 aromatic carbocycles. The molecule has 1 aliphatic heterocycles. The highest BCUT2D eigenvalue weighted by atomic mass is 79.9. The Morgan fingerprint density at radius 1 is 1.57 bits per heavy atom. The SMILES string of the molecule is CC(=O)N1CC[C@@]2(CC[C@H](CBr)C2)C1. The molecule has 1 amide bonds. The zero-order chi connectivity index (χ0) is 10.2. The van der Waals surface area contributed by atoms with Crippen LogP contribution in [0.1, 0.15) is 32.6 Å². The molecule has 0 radical (unpaired) electrons. The number of carbonyl (C=O) groups excluding carboxylic acids is 1. The smallest absolute Gasteiger partial charge is 0.219 e. The average Bonchev–Trinajstić information content (AvgIpc) is 2.74. The molecule has 0 N–H and O–H groups in total. The van der Waals surface area contributed by atoms with E-state index in [-0.39, 0.29) is 5.91 Å². The summed E-state index contributed by atoms with van der Waals surface area (Å²) in [6, 6.07) is 0. The summed E-state index contributed by atoms with van der Waals surface area (Å²) in [6.07, 6.45) is 5.22. The van der Waals surface area contributed by atoms with Crippen LogP contribution in [0.25, 0.3) is 0 Å². The molecule has 0 bridgehead atoms. The van der Waals surface area contributed by atoms with E-state index < -0.39 is 0 Å². The topological polar surface area (TPSA) is 20.3 Å². The van der Waals surface area contributed by atoms with E-state index in [0.717, 1.165) is 24.3 Å². The summed E-state index contributed by atoms with van der Waals surface area (Å²) in [7, 11) is 0. The highest BCUT2D eigenvalue weighted by molar-refractivity contribution is 9.09. The van der Waals surface area contributed by atoms with Crippen molar-refractivity contribution in [3.63, 3.8) is 0 Å². The quantitative estimate of drug-likeness (QED) is 0.663. The summed E-state index contributed by atoms with van der Waals surface area (Å²) in [4.78, 5) is 13.3. The second kappa shape index (κ2) is 3.84. The highest BCUT2D eigenvalue weighted by Crippen LogP contribution is 2.48. The van der Waals surface area contributed by atoms with Crippen LogP contribution in [0.2, 0.25) is 0 Å². The van der Waals surface area contributed by atoms with Crippen molar-refractivity contribution in [2.24, 2.45) is 11.3 Å². The lowest BCUT2D eigenvalue weighted by Crippen LogP contribution is -2.29. The number of alkyl halides is 1. The first kappa shape index (κ1) is 10.5. The van der Waals surface area contributed by atoms with Gasteiger partial charge in [0.2, 0.25) is 5.91 Å². The van der Waals surface area contributed by atoms with Crippen LogP contribution in [0.15, 0.2) is 0 Å². The van der Waals surface area contributed by atoms with Gasteiger partial charge in [0.25, 0.3) is 0 Å². The third-order valence-corrected chi connectivity index (χ3v) is 4.82. The molecule has 1 saturated heterocycles. The molecule has 0 aromatic rings. The summed E-state index contributed by atoms with van der Waals surface area (Å²) >= 11 is 3.57. The Bertz CT molecular complexity index is 243. The molecule has 2 aliphatic rings. The van der Waals surface area contributed by atoms with Crippen molar-refractivity contribution in [3.8, 4) is 0 Å². The van der Waals surface area contributed by atoms with Crippen LogP contribution in [-0.2, 0) is 4.79 Å². The first-order chi connectivity index (χ1) is 6.65. The lowest BCUT2D eigenvalue weighted by atomic mass is 9.85. The third kappa shape index (κ3) is 1.83. The van der Waals surface area contributed by atoms with Crippen LogP contribution < -0.4 is 0 Å². The van der Waals surface area contributed by atoms with Gasteiger partial charge in [-0.15, -0.1) is 0 Å². The van der Waals surface area contributed by atoms with Gasteiger partial charge in [-0.25, -0.2) is 0 Å². The predicted molar refractivity (Wildman–Crippen MR) is 60.4 cm³/mol. The lowest BCUT2D eigenvalue weighted by Gasteiger charge is -2.23. The van der Waals surface area contributed by atoms with Crippen molar-refractivity contribution in [3.05, 3.63) is 0 Å². The van der Waals surface area contributed by atoms with Crippen LogP contribution in [-0.4, -0.2) is 29.2 Å². The van der Waals surface area contributed by atoms with Crippen molar-refractivity contribution in [2.75, 3.05) is 18.4 Å². The largest absolute Gasteiger partial charge is 0.342 e. The Labute approximate surface area is 94.2 Å². The van der Waals surface area contributed by atoms with Crippen LogP contribution in [0.5, 0.6) is 0 Å². The van der Waals surface area contributed by atoms with Gasteiger partial charge >= 0.3 is 0 Å². The maximum Gasteiger partial charge on any atom is 0.219 e. The van der Waals surface area contributed by atoms with E-state index in [4.69, 9.17) is 0 Å². The molecule has 2 atom stereocenters. The molecule has 1 heterocycles. The monoisotopic (exact) mass is 259 g/mol. The van der Waals surface area contributed by atoms with Crippen molar-refractivity contribution < 1.29 is 4.79 Å². The molecule has 80 valence electrons. The fourth-order valence-electron chi connectivity index (χ4n) is 3.03. The lowest BCUT2D eigenvalue weighted by molar-refractivity contribution is -0.128. The average molecular weight is 260 g/mol. The zero-order valence-corrected chi connectivity index (χ0v) is 10.3. The minimum atomic E-state index is 0.254. The molecule has 2 rings (SSSR count). The number of carbonyl (C=O) groups is 1. The normalized spacial score (nSPS) is 37.0. The van der Waals surface area contributed by atoms with E-state index in [1.807, 2.05) is 4.90 Å². The summed E-state index contributed by atoms with van der Waals surface area (Å²) in [6.45, 7) is 3.70. The number of hydrogen-bond acceptors (Lipinski definition) is 1. The Morgan fingerprint density at radius 3 is 2.86 bits per heavy atom. The van der Waals surface area contributed by atoms with E-state index in [2.05, 4.69) is 15.9 Å². The fraction of sp³-hybridized carbons (Fsp3) is 0.909. The molecule has 1 saturated carbocycles. The Kier molecular flexibility index (Phi) is 2.87. The molecule has 14 heavy (non-hydrogen) atoms. The molecular weight excluding hydrogens is 242 g/mol. The summed E-state index contributed by atoms with van der Waals surface area (Å²) in [5, 5.41) is 1.13. The Morgan fingerprint density at radius 2 is 2.36 bits per heavy atom. The van der Waals surface area contributed by atoms with Crippen LogP contribution in [0.3, 0.4) is 0 Å². The second-order valence-corrected chi connectivity index (χ2v) is 5.60. The number of rotatable bonds is 1. The second-order valence-electron chi connectivity index (χ2n) is 4.95. The molecule has 2 fully saturated rings. The van der Waals surface area contributed by atoms with Crippen molar-refractivity contribution in [1.82, 2.24) is 4.90 Å². The number of amides is 1. The van der Waals surface area contributed by atoms with Crippen molar-refractivity contribution in [1.29, 1.82) is 0 Å². The molecule has 1 aliphatic carbocycles. The molecular formula is C11H18BrNO. The van der Waals surface area contributed by atoms with E-state index in [1.54, 1.807) is 6.92 Å². The molecule has 1 spiro atoms. The maximum absolute atomic E-state index is 11.3. The zero-order valence-electron chi connectivity index (χ0n) is 8.76. The standard InChI is InChI=1S/C11H18BrNO/c1-9(14)13-5-4-11(8-13)3-2-10(6-11)7-12/h10H,2-8H2,1H3/t10-,11+/m0/s1. The Hall–Kier alpha value is -0.0500. The third-order valence-electron chi connectivity index (χ3n) is 3.91. The summed E-state index contributed by atoms with van der Waals surface area (Å²) in [5.41, 5.74) is 0.490. The number of hydrogen-bond donors (Lipinski definition) is 0. The summed E-state index contributed by atoms with van der Waals surface area (Å²) < 4.78 is 0. The van der Waals surface area contributed by atoms with Gasteiger partial charge < -0.3 is 4.90 Å². The van der Waals surface area contributed by atoms with Gasteiger partial charge in [-0.2, -0.15) is 0 Å². The highest BCUT2D eigenvalue weighted by Gasteiger charge is 2.44. The molecule has 2 nitrogen and oxygen atoms in total. The van der Waals surface area contributed by atoms with E-state index in [9.17, 15) is 4.79 Å². The summed E-state index contributed by atoms with van der Waals surface area (Å²) in [5.74, 6) is 1.10. The first-order valence-corrected chi connectivity index (χ1v) is 6.59. The van der Waals surface area contributed by atoms with Gasteiger partial charge in [0.05, 0.1) is 0 Å². The maximum atomic E-state index is 11.3. The molecule has 3 heteroatoms. The van der Waals surface area contributed by atoms with Gasteiger partial charge in [0.15, 0.2) is 0 Å².